The molecule has 31 heavy (non-hydrogen) atoms. The smallest absolute Gasteiger partial charge is 0.262 e. The summed E-state index contributed by atoms with van der Waals surface area (Å²) < 4.78 is 18.9. The summed E-state index contributed by atoms with van der Waals surface area (Å²) in [6.45, 7) is 6.08. The molecule has 0 aliphatic heterocycles. The van der Waals surface area contributed by atoms with Crippen molar-refractivity contribution < 1.29 is 13.9 Å². The zero-order valence-corrected chi connectivity index (χ0v) is 17.6. The summed E-state index contributed by atoms with van der Waals surface area (Å²) in [6.07, 6.45) is 0. The molecule has 0 saturated heterocycles. The van der Waals surface area contributed by atoms with Gasteiger partial charge in [-0.15, -0.1) is 10.2 Å². The van der Waals surface area contributed by atoms with Gasteiger partial charge in [-0.2, -0.15) is 4.80 Å². The Balaban J connectivity index is 1.45. The minimum absolute atomic E-state index is 0.0938. The van der Waals surface area contributed by atoms with Gasteiger partial charge in [-0.25, -0.2) is 4.39 Å². The molecule has 4 aromatic rings. The molecule has 0 saturated carbocycles. The van der Waals surface area contributed by atoms with E-state index in [0.717, 1.165) is 16.9 Å². The Labute approximate surface area is 179 Å². The normalized spacial score (nSPS) is 11.1. The molecule has 4 rings (SSSR count). The van der Waals surface area contributed by atoms with Gasteiger partial charge >= 0.3 is 0 Å². The van der Waals surface area contributed by atoms with Crippen molar-refractivity contribution in [3.05, 3.63) is 77.6 Å². The van der Waals surface area contributed by atoms with Crippen LogP contribution < -0.4 is 10.1 Å². The van der Waals surface area contributed by atoms with E-state index in [1.165, 1.54) is 16.9 Å². The van der Waals surface area contributed by atoms with E-state index in [9.17, 15) is 9.18 Å². The summed E-state index contributed by atoms with van der Waals surface area (Å²) in [7, 11) is 0. The first-order chi connectivity index (χ1) is 14.9. The molecule has 7 heteroatoms. The van der Waals surface area contributed by atoms with E-state index in [-0.39, 0.29) is 18.3 Å². The molecular formula is C24H23FN4O2. The van der Waals surface area contributed by atoms with Gasteiger partial charge in [-0.3, -0.25) is 4.79 Å². The summed E-state index contributed by atoms with van der Waals surface area (Å²) in [5.41, 5.74) is 4.67. The highest BCUT2D eigenvalue weighted by molar-refractivity contribution is 5.93. The van der Waals surface area contributed by atoms with Crippen LogP contribution >= 0.6 is 0 Å². The van der Waals surface area contributed by atoms with Crippen molar-refractivity contribution >= 4 is 22.6 Å². The van der Waals surface area contributed by atoms with E-state index >= 15 is 0 Å². The molecule has 0 radical (unpaired) electrons. The number of nitrogens with one attached hydrogen (secondary N) is 1. The predicted molar refractivity (Wildman–Crippen MR) is 118 cm³/mol. The highest BCUT2D eigenvalue weighted by atomic mass is 19.1. The molecule has 1 aromatic heterocycles. The van der Waals surface area contributed by atoms with Gasteiger partial charge in [0.1, 0.15) is 22.6 Å². The SMILES string of the molecule is Cc1ccc(C(C)C)c(OCC(=O)Nc2ccc3nn(-c4ccc(F)cc4)nc3c2)c1. The van der Waals surface area contributed by atoms with Crippen LogP contribution in [0.5, 0.6) is 5.75 Å². The molecule has 0 unspecified atom stereocenters. The summed E-state index contributed by atoms with van der Waals surface area (Å²) in [5.74, 6) is 0.438. The number of carbonyl (C=O) groups is 1. The lowest BCUT2D eigenvalue weighted by Crippen LogP contribution is -2.20. The van der Waals surface area contributed by atoms with Crippen molar-refractivity contribution in [1.29, 1.82) is 0 Å². The average molecular weight is 418 g/mol. The molecule has 158 valence electrons. The molecule has 1 heterocycles. The highest BCUT2D eigenvalue weighted by Crippen LogP contribution is 2.27. The molecule has 6 nitrogen and oxygen atoms in total. The fourth-order valence-corrected chi connectivity index (χ4v) is 3.27. The molecule has 1 amide bonds. The van der Waals surface area contributed by atoms with E-state index in [1.54, 1.807) is 30.3 Å². The maximum Gasteiger partial charge on any atom is 0.262 e. The first-order valence-corrected chi connectivity index (χ1v) is 10.1. The Kier molecular flexibility index (Phi) is 5.66. The largest absolute Gasteiger partial charge is 0.483 e. The lowest BCUT2D eigenvalue weighted by Gasteiger charge is -2.14. The Hall–Kier alpha value is -3.74. The number of ether oxygens (including phenoxy) is 1. The number of benzene rings is 3. The number of amides is 1. The van der Waals surface area contributed by atoms with E-state index in [0.29, 0.717) is 28.3 Å². The number of carbonyl (C=O) groups excluding carboxylic acids is 1. The van der Waals surface area contributed by atoms with E-state index in [4.69, 9.17) is 4.74 Å². The first kappa shape index (κ1) is 20.5. The number of halogens is 1. The van der Waals surface area contributed by atoms with E-state index < -0.39 is 0 Å². The number of hydrogen-bond acceptors (Lipinski definition) is 4. The quantitative estimate of drug-likeness (QED) is 0.478. The van der Waals surface area contributed by atoms with Crippen LogP contribution in [0, 0.1) is 12.7 Å². The molecule has 0 fully saturated rings. The third kappa shape index (κ3) is 4.71. The molecule has 0 bridgehead atoms. The Morgan fingerprint density at radius 2 is 1.77 bits per heavy atom. The summed E-state index contributed by atoms with van der Waals surface area (Å²) in [5, 5.41) is 11.6. The second-order valence-corrected chi connectivity index (χ2v) is 7.70. The zero-order chi connectivity index (χ0) is 22.0. The summed E-state index contributed by atoms with van der Waals surface area (Å²) in [4.78, 5) is 13.9. The van der Waals surface area contributed by atoms with Gasteiger partial charge in [0.25, 0.3) is 5.91 Å². The van der Waals surface area contributed by atoms with Crippen LogP contribution in [0.3, 0.4) is 0 Å². The van der Waals surface area contributed by atoms with Crippen LogP contribution in [0.1, 0.15) is 30.9 Å². The van der Waals surface area contributed by atoms with Crippen LogP contribution in [0.15, 0.2) is 60.7 Å². The van der Waals surface area contributed by atoms with Gasteiger partial charge in [0.15, 0.2) is 6.61 Å². The van der Waals surface area contributed by atoms with Gasteiger partial charge in [0.05, 0.1) is 5.69 Å². The third-order valence-electron chi connectivity index (χ3n) is 4.87. The molecule has 0 spiro atoms. The lowest BCUT2D eigenvalue weighted by atomic mass is 10.0. The Morgan fingerprint density at radius 1 is 1.03 bits per heavy atom. The standard InChI is InChI=1S/C24H23FN4O2/c1-15(2)20-10-4-16(3)12-23(20)31-14-24(30)26-18-7-11-21-22(13-18)28-29(27-21)19-8-5-17(25)6-9-19/h4-13,15H,14H2,1-3H3,(H,26,30). The Morgan fingerprint density at radius 3 is 2.52 bits per heavy atom. The van der Waals surface area contributed by atoms with Crippen LogP contribution in [0.25, 0.3) is 16.7 Å². The molecule has 0 atom stereocenters. The van der Waals surface area contributed by atoms with Gasteiger partial charge in [-0.05, 0) is 72.5 Å². The fraction of sp³-hybridized carbons (Fsp3) is 0.208. The molecule has 0 aliphatic carbocycles. The molecule has 3 aromatic carbocycles. The minimum atomic E-state index is -0.321. The average Bonchev–Trinajstić information content (AvgIpc) is 3.16. The second kappa shape index (κ2) is 8.55. The van der Waals surface area contributed by atoms with E-state index in [1.807, 2.05) is 25.1 Å². The van der Waals surface area contributed by atoms with E-state index in [2.05, 4.69) is 29.4 Å². The van der Waals surface area contributed by atoms with Gasteiger partial charge in [0, 0.05) is 5.69 Å². The third-order valence-corrected chi connectivity index (χ3v) is 4.87. The van der Waals surface area contributed by atoms with Crippen molar-refractivity contribution in [2.75, 3.05) is 11.9 Å². The zero-order valence-electron chi connectivity index (χ0n) is 17.6. The summed E-state index contributed by atoms with van der Waals surface area (Å²) in [6, 6.07) is 17.2. The lowest BCUT2D eigenvalue weighted by molar-refractivity contribution is -0.118. The molecule has 0 aliphatic rings. The minimum Gasteiger partial charge on any atom is -0.483 e. The van der Waals surface area contributed by atoms with Gasteiger partial charge < -0.3 is 10.1 Å². The number of nitrogens with zero attached hydrogens (tertiary/aromatic N) is 3. The van der Waals surface area contributed by atoms with Crippen molar-refractivity contribution in [2.24, 2.45) is 0 Å². The topological polar surface area (TPSA) is 69.0 Å². The predicted octanol–water partition coefficient (Wildman–Crippen LogP) is 5.01. The van der Waals surface area contributed by atoms with Crippen LogP contribution in [-0.2, 0) is 4.79 Å². The van der Waals surface area contributed by atoms with Gasteiger partial charge in [0.2, 0.25) is 0 Å². The maximum absolute atomic E-state index is 13.1. The Bertz CT molecular complexity index is 1230. The number of anilines is 1. The highest BCUT2D eigenvalue weighted by Gasteiger charge is 2.12. The number of rotatable bonds is 6. The van der Waals surface area contributed by atoms with Crippen molar-refractivity contribution in [3.63, 3.8) is 0 Å². The molecule has 1 N–H and O–H groups in total. The fourth-order valence-electron chi connectivity index (χ4n) is 3.27. The van der Waals surface area contributed by atoms with Crippen molar-refractivity contribution in [1.82, 2.24) is 15.0 Å². The van der Waals surface area contributed by atoms with Crippen LogP contribution in [0.2, 0.25) is 0 Å². The number of aromatic nitrogens is 3. The van der Waals surface area contributed by atoms with Crippen LogP contribution in [0.4, 0.5) is 10.1 Å². The van der Waals surface area contributed by atoms with Crippen molar-refractivity contribution in [2.45, 2.75) is 26.7 Å². The number of fused-ring (bicyclic) bond motifs is 1. The second-order valence-electron chi connectivity index (χ2n) is 7.70. The van der Waals surface area contributed by atoms with Crippen molar-refractivity contribution in [3.8, 4) is 11.4 Å². The molecular weight excluding hydrogens is 395 g/mol. The first-order valence-electron chi connectivity index (χ1n) is 10.1. The monoisotopic (exact) mass is 418 g/mol. The van der Waals surface area contributed by atoms with Crippen LogP contribution in [-0.4, -0.2) is 27.5 Å². The number of hydrogen-bond donors (Lipinski definition) is 1. The number of aryl methyl sites for hydroxylation is 1. The summed E-state index contributed by atoms with van der Waals surface area (Å²) >= 11 is 0. The van der Waals surface area contributed by atoms with Gasteiger partial charge in [-0.1, -0.05) is 26.0 Å². The maximum atomic E-state index is 13.1.